The van der Waals surface area contributed by atoms with Crippen LogP contribution in [0.15, 0.2) is 30.3 Å². The zero-order valence-electron chi connectivity index (χ0n) is 4.62. The number of hydrogen-bond donors (Lipinski definition) is 1. The maximum atomic E-state index is 8.63. The summed E-state index contributed by atoms with van der Waals surface area (Å²) in [4.78, 5) is 0. The van der Waals surface area contributed by atoms with Gasteiger partial charge in [-0.15, -0.1) is 0 Å². The number of rotatable bonds is 0. The molecule has 0 saturated carbocycles. The Kier molecular flexibility index (Phi) is 7.05. The molecule has 1 nitrogen and oxygen atoms in total. The van der Waals surface area contributed by atoms with E-state index in [-0.39, 0.29) is 22.1 Å². The predicted molar refractivity (Wildman–Crippen MR) is 29.2 cm³/mol. The summed E-state index contributed by atoms with van der Waals surface area (Å²) in [7, 11) is 0. The molecule has 49 valence electrons. The first-order valence-electron chi connectivity index (χ1n) is 2.13. The first-order valence-corrected chi connectivity index (χ1v) is 2.13. The average molecular weight is 165 g/mol. The van der Waals surface area contributed by atoms with Gasteiger partial charge in [0.05, 0.1) is 0 Å². The molecule has 0 aliphatic carbocycles. The number of phenolic OH excluding ortho intramolecular Hbond substituents is 1. The third-order valence-electron chi connectivity index (χ3n) is 0.756. The van der Waals surface area contributed by atoms with Gasteiger partial charge < -0.3 is 5.11 Å². The first-order chi connectivity index (χ1) is 3.39. The Morgan fingerprint density at radius 3 is 1.67 bits per heavy atom. The second-order valence-electron chi connectivity index (χ2n) is 1.34. The van der Waals surface area contributed by atoms with Crippen LogP contribution in [0.3, 0.4) is 0 Å². The van der Waals surface area contributed by atoms with Crippen LogP contribution in [0.2, 0.25) is 0 Å². The van der Waals surface area contributed by atoms with Crippen LogP contribution in [0.5, 0.6) is 5.75 Å². The molecular formula is C6H6CrFO. The van der Waals surface area contributed by atoms with Gasteiger partial charge in [-0.2, -0.15) is 0 Å². The molecule has 0 heterocycles. The van der Waals surface area contributed by atoms with Crippen molar-refractivity contribution in [2.24, 2.45) is 0 Å². The molecule has 0 saturated heterocycles. The van der Waals surface area contributed by atoms with Gasteiger partial charge in [-0.3, -0.25) is 0 Å². The minimum absolute atomic E-state index is 0. The number of benzene rings is 1. The zero-order valence-corrected chi connectivity index (χ0v) is 5.90. The maximum absolute atomic E-state index is 8.63. The SMILES string of the molecule is Oc1ccccc1.[Cr].[F]. The standard InChI is InChI=1S/C6H6O.Cr.F/c7-6-4-2-1-3-5-6;;/h1-5,7H;;. The minimum atomic E-state index is 0. The Bertz CT molecular complexity index is 143. The molecule has 0 spiro atoms. The molecule has 0 unspecified atom stereocenters. The second kappa shape index (κ2) is 5.62. The van der Waals surface area contributed by atoms with Crippen molar-refractivity contribution in [1.29, 1.82) is 0 Å². The van der Waals surface area contributed by atoms with Crippen molar-refractivity contribution in [2.75, 3.05) is 0 Å². The van der Waals surface area contributed by atoms with Crippen molar-refractivity contribution < 1.29 is 27.2 Å². The number of hydrogen-bond acceptors (Lipinski definition) is 1. The third kappa shape index (κ3) is 4.02. The normalized spacial score (nSPS) is 6.67. The van der Waals surface area contributed by atoms with Crippen molar-refractivity contribution in [1.82, 2.24) is 0 Å². The number of phenols is 1. The van der Waals surface area contributed by atoms with E-state index in [1.54, 1.807) is 24.3 Å². The maximum Gasteiger partial charge on any atom is 0.115 e. The van der Waals surface area contributed by atoms with E-state index in [0.717, 1.165) is 0 Å². The largest absolute Gasteiger partial charge is 0.508 e. The van der Waals surface area contributed by atoms with Gasteiger partial charge in [0.2, 0.25) is 0 Å². The summed E-state index contributed by atoms with van der Waals surface area (Å²) >= 11 is 0. The van der Waals surface area contributed by atoms with Crippen LogP contribution in [-0.4, -0.2) is 5.11 Å². The molecule has 1 aromatic carbocycles. The van der Waals surface area contributed by atoms with E-state index in [4.69, 9.17) is 5.11 Å². The zero-order chi connectivity index (χ0) is 5.11. The molecule has 1 aromatic rings. The first kappa shape index (κ1) is 11.3. The third-order valence-corrected chi connectivity index (χ3v) is 0.756. The summed E-state index contributed by atoms with van der Waals surface area (Å²) in [5.41, 5.74) is 0. The molecule has 1 N–H and O–H groups in total. The van der Waals surface area contributed by atoms with Gasteiger partial charge >= 0.3 is 0 Å². The van der Waals surface area contributed by atoms with Crippen molar-refractivity contribution >= 4 is 0 Å². The van der Waals surface area contributed by atoms with Gasteiger partial charge in [-0.25, -0.2) is 0 Å². The molecular weight excluding hydrogens is 159 g/mol. The van der Waals surface area contributed by atoms with Crippen LogP contribution in [0.4, 0.5) is 4.70 Å². The van der Waals surface area contributed by atoms with Crippen LogP contribution < -0.4 is 0 Å². The summed E-state index contributed by atoms with van der Waals surface area (Å²) in [5, 5.41) is 8.63. The fraction of sp³-hybridized carbons (Fsp3) is 0. The molecule has 0 amide bonds. The summed E-state index contributed by atoms with van der Waals surface area (Å²) in [5.74, 6) is 0.322. The Morgan fingerprint density at radius 1 is 1.00 bits per heavy atom. The number of aromatic hydroxyl groups is 1. The summed E-state index contributed by atoms with van der Waals surface area (Å²) in [6.45, 7) is 0. The van der Waals surface area contributed by atoms with E-state index in [9.17, 15) is 0 Å². The van der Waals surface area contributed by atoms with Crippen LogP contribution in [0, 0.1) is 0 Å². The van der Waals surface area contributed by atoms with E-state index in [1.165, 1.54) is 0 Å². The van der Waals surface area contributed by atoms with Gasteiger partial charge in [0.15, 0.2) is 0 Å². The van der Waals surface area contributed by atoms with Crippen LogP contribution in [0.1, 0.15) is 0 Å². The predicted octanol–water partition coefficient (Wildman–Crippen LogP) is 1.81. The molecule has 0 atom stereocenters. The van der Waals surface area contributed by atoms with E-state index in [2.05, 4.69) is 0 Å². The monoisotopic (exact) mass is 165 g/mol. The number of para-hydroxylation sites is 1. The molecule has 3 heteroatoms. The van der Waals surface area contributed by atoms with E-state index >= 15 is 0 Å². The Balaban J connectivity index is 0. The summed E-state index contributed by atoms with van der Waals surface area (Å²) in [6.07, 6.45) is 0. The van der Waals surface area contributed by atoms with Crippen molar-refractivity contribution in [3.8, 4) is 5.75 Å². The van der Waals surface area contributed by atoms with Crippen LogP contribution in [0.25, 0.3) is 0 Å². The van der Waals surface area contributed by atoms with Gasteiger partial charge in [0.25, 0.3) is 0 Å². The summed E-state index contributed by atoms with van der Waals surface area (Å²) < 4.78 is 0. The molecule has 0 aromatic heterocycles. The summed E-state index contributed by atoms with van der Waals surface area (Å²) in [6, 6.07) is 8.71. The van der Waals surface area contributed by atoms with E-state index in [1.807, 2.05) is 6.07 Å². The Hall–Kier alpha value is -0.518. The fourth-order valence-corrected chi connectivity index (χ4v) is 0.428. The second-order valence-corrected chi connectivity index (χ2v) is 1.34. The van der Waals surface area contributed by atoms with Crippen molar-refractivity contribution in [3.05, 3.63) is 30.3 Å². The van der Waals surface area contributed by atoms with Crippen molar-refractivity contribution in [2.45, 2.75) is 0 Å². The average Bonchev–Trinajstić information content (AvgIpc) is 1.69. The Labute approximate surface area is 63.8 Å². The van der Waals surface area contributed by atoms with Crippen molar-refractivity contribution in [3.63, 3.8) is 0 Å². The molecule has 0 aliphatic heterocycles. The molecule has 0 fully saturated rings. The van der Waals surface area contributed by atoms with Gasteiger partial charge in [-0.05, 0) is 12.1 Å². The van der Waals surface area contributed by atoms with Gasteiger partial charge in [-0.1, -0.05) is 18.2 Å². The number of halogens is 1. The van der Waals surface area contributed by atoms with Crippen LogP contribution in [-0.2, 0) is 17.4 Å². The molecule has 0 bridgehead atoms. The van der Waals surface area contributed by atoms with E-state index < -0.39 is 0 Å². The molecule has 1 radical (unpaired) electrons. The molecule has 9 heavy (non-hydrogen) atoms. The van der Waals surface area contributed by atoms with E-state index in [0.29, 0.717) is 5.75 Å². The molecule has 1 rings (SSSR count). The minimum Gasteiger partial charge on any atom is -0.508 e. The fourth-order valence-electron chi connectivity index (χ4n) is 0.428. The van der Waals surface area contributed by atoms with Gasteiger partial charge in [0, 0.05) is 22.1 Å². The molecule has 0 aliphatic rings. The topological polar surface area (TPSA) is 20.2 Å². The van der Waals surface area contributed by atoms with Crippen LogP contribution >= 0.6 is 0 Å². The smallest absolute Gasteiger partial charge is 0.115 e. The quantitative estimate of drug-likeness (QED) is 0.621. The Morgan fingerprint density at radius 2 is 1.44 bits per heavy atom. The van der Waals surface area contributed by atoms with Gasteiger partial charge in [0.1, 0.15) is 5.75 Å².